The van der Waals surface area contributed by atoms with Crippen LogP contribution in [0.15, 0.2) is 18.2 Å². The molecule has 0 aliphatic rings. The number of ether oxygens (including phenoxy) is 1. The molecule has 92 valence electrons. The van der Waals surface area contributed by atoms with Crippen molar-refractivity contribution in [3.63, 3.8) is 0 Å². The Morgan fingerprint density at radius 1 is 1.24 bits per heavy atom. The van der Waals surface area contributed by atoms with Crippen molar-refractivity contribution in [3.8, 4) is 11.5 Å². The summed E-state index contributed by atoms with van der Waals surface area (Å²) in [5, 5.41) is 26.4. The molecule has 1 aromatic carbocycles. The van der Waals surface area contributed by atoms with Crippen molar-refractivity contribution in [1.82, 2.24) is 0 Å². The number of carboxylic acid groups (broad SMARTS) is 2. The van der Waals surface area contributed by atoms with Crippen LogP contribution in [0.3, 0.4) is 0 Å². The number of hydrogen-bond donors (Lipinski definition) is 3. The molecule has 0 aliphatic carbocycles. The Labute approximate surface area is 97.1 Å². The molecule has 0 radical (unpaired) electrons. The van der Waals surface area contributed by atoms with Crippen LogP contribution in [0.25, 0.3) is 0 Å². The fourth-order valence-electron chi connectivity index (χ4n) is 1.20. The number of hydrogen-bond acceptors (Lipinski definition) is 4. The van der Waals surface area contributed by atoms with Gasteiger partial charge in [0.1, 0.15) is 17.1 Å². The molecule has 0 heterocycles. The molecule has 0 saturated heterocycles. The summed E-state index contributed by atoms with van der Waals surface area (Å²) in [6.07, 6.45) is 0.343. The first-order valence-electron chi connectivity index (χ1n) is 4.91. The summed E-state index contributed by atoms with van der Waals surface area (Å²) < 4.78 is 5.16. The van der Waals surface area contributed by atoms with Gasteiger partial charge in [0, 0.05) is 12.5 Å². The van der Waals surface area contributed by atoms with Crippen molar-refractivity contribution in [2.75, 3.05) is 6.61 Å². The number of phenols is 1. The molecule has 0 fully saturated rings. The minimum Gasteiger partial charge on any atom is -0.507 e. The Balaban J connectivity index is 2.53. The monoisotopic (exact) mass is 240 g/mol. The summed E-state index contributed by atoms with van der Waals surface area (Å²) in [5.74, 6) is -2.20. The Hall–Kier alpha value is -2.24. The van der Waals surface area contributed by atoms with E-state index in [1.807, 2.05) is 0 Å². The van der Waals surface area contributed by atoms with Crippen molar-refractivity contribution in [1.29, 1.82) is 0 Å². The lowest BCUT2D eigenvalue weighted by atomic mass is 10.2. The van der Waals surface area contributed by atoms with Crippen LogP contribution in [0.4, 0.5) is 0 Å². The van der Waals surface area contributed by atoms with E-state index in [0.29, 0.717) is 12.2 Å². The van der Waals surface area contributed by atoms with Crippen LogP contribution >= 0.6 is 0 Å². The third kappa shape index (κ3) is 4.02. The third-order valence-corrected chi connectivity index (χ3v) is 2.00. The van der Waals surface area contributed by atoms with E-state index in [-0.39, 0.29) is 24.3 Å². The summed E-state index contributed by atoms with van der Waals surface area (Å²) in [6.45, 7) is 0.193. The minimum atomic E-state index is -1.22. The maximum Gasteiger partial charge on any atom is 0.339 e. The first kappa shape index (κ1) is 12.8. The van der Waals surface area contributed by atoms with Crippen LogP contribution in [-0.2, 0) is 4.79 Å². The topological polar surface area (TPSA) is 104 Å². The molecular formula is C11H12O6. The van der Waals surface area contributed by atoms with E-state index in [2.05, 4.69) is 0 Å². The summed E-state index contributed by atoms with van der Waals surface area (Å²) in [7, 11) is 0. The largest absolute Gasteiger partial charge is 0.507 e. The van der Waals surface area contributed by atoms with Crippen LogP contribution in [0.2, 0.25) is 0 Å². The zero-order valence-corrected chi connectivity index (χ0v) is 8.92. The molecule has 17 heavy (non-hydrogen) atoms. The second-order valence-corrected chi connectivity index (χ2v) is 3.33. The van der Waals surface area contributed by atoms with E-state index in [1.165, 1.54) is 18.2 Å². The van der Waals surface area contributed by atoms with Crippen molar-refractivity contribution in [2.45, 2.75) is 12.8 Å². The number of benzene rings is 1. The molecule has 0 atom stereocenters. The van der Waals surface area contributed by atoms with E-state index in [0.717, 1.165) is 0 Å². The quantitative estimate of drug-likeness (QED) is 0.648. The number of aromatic hydroxyl groups is 1. The van der Waals surface area contributed by atoms with E-state index in [4.69, 9.17) is 14.9 Å². The number of carbonyl (C=O) groups is 2. The molecule has 0 spiro atoms. The summed E-state index contributed by atoms with van der Waals surface area (Å²) in [5.41, 5.74) is -0.206. The molecule has 3 N–H and O–H groups in total. The Kier molecular flexibility index (Phi) is 4.33. The van der Waals surface area contributed by atoms with Gasteiger partial charge < -0.3 is 20.1 Å². The fraction of sp³-hybridized carbons (Fsp3) is 0.273. The first-order chi connectivity index (χ1) is 8.00. The Bertz CT molecular complexity index is 426. The SMILES string of the molecule is O=C(O)CCCOc1ccc(C(=O)O)c(O)c1. The highest BCUT2D eigenvalue weighted by atomic mass is 16.5. The molecule has 0 saturated carbocycles. The van der Waals surface area contributed by atoms with Gasteiger partial charge >= 0.3 is 11.9 Å². The standard InChI is InChI=1S/C11H12O6/c12-9-6-7(3-4-8(9)11(15)16)17-5-1-2-10(13)14/h3-4,6,12H,1-2,5H2,(H,13,14)(H,15,16). The third-order valence-electron chi connectivity index (χ3n) is 2.00. The molecule has 0 aliphatic heterocycles. The predicted molar refractivity (Wildman–Crippen MR) is 57.4 cm³/mol. The highest BCUT2D eigenvalue weighted by Gasteiger charge is 2.10. The van der Waals surface area contributed by atoms with Gasteiger partial charge in [0.05, 0.1) is 6.61 Å². The van der Waals surface area contributed by atoms with E-state index in [1.54, 1.807) is 0 Å². The van der Waals surface area contributed by atoms with Crippen LogP contribution in [0.1, 0.15) is 23.2 Å². The highest BCUT2D eigenvalue weighted by molar-refractivity contribution is 5.90. The average molecular weight is 240 g/mol. The van der Waals surface area contributed by atoms with Crippen LogP contribution in [0, 0.1) is 0 Å². The molecule has 6 nitrogen and oxygen atoms in total. The molecular weight excluding hydrogens is 228 g/mol. The van der Waals surface area contributed by atoms with Crippen molar-refractivity contribution in [3.05, 3.63) is 23.8 Å². The van der Waals surface area contributed by atoms with E-state index < -0.39 is 11.9 Å². The maximum absolute atomic E-state index is 10.6. The van der Waals surface area contributed by atoms with Gasteiger partial charge in [-0.15, -0.1) is 0 Å². The van der Waals surface area contributed by atoms with Gasteiger partial charge in [-0.2, -0.15) is 0 Å². The number of rotatable bonds is 6. The lowest BCUT2D eigenvalue weighted by Crippen LogP contribution is -2.02. The van der Waals surface area contributed by atoms with E-state index in [9.17, 15) is 14.7 Å². The first-order valence-corrected chi connectivity index (χ1v) is 4.91. The molecule has 1 rings (SSSR count). The van der Waals surface area contributed by atoms with Crippen LogP contribution in [-0.4, -0.2) is 33.9 Å². The maximum atomic E-state index is 10.6. The molecule has 0 aromatic heterocycles. The predicted octanol–water partition coefficient (Wildman–Crippen LogP) is 1.33. The molecule has 6 heteroatoms. The molecule has 0 unspecified atom stereocenters. The van der Waals surface area contributed by atoms with E-state index >= 15 is 0 Å². The zero-order valence-electron chi connectivity index (χ0n) is 8.92. The summed E-state index contributed by atoms with van der Waals surface area (Å²) in [4.78, 5) is 20.8. The smallest absolute Gasteiger partial charge is 0.339 e. The van der Waals surface area contributed by atoms with Gasteiger partial charge in [-0.3, -0.25) is 4.79 Å². The highest BCUT2D eigenvalue weighted by Crippen LogP contribution is 2.23. The summed E-state index contributed by atoms with van der Waals surface area (Å²) in [6, 6.07) is 3.82. The van der Waals surface area contributed by atoms with Crippen LogP contribution < -0.4 is 4.74 Å². The summed E-state index contributed by atoms with van der Waals surface area (Å²) >= 11 is 0. The lowest BCUT2D eigenvalue weighted by Gasteiger charge is -2.06. The Morgan fingerprint density at radius 3 is 2.47 bits per heavy atom. The van der Waals surface area contributed by atoms with Gasteiger partial charge in [-0.05, 0) is 18.6 Å². The molecule has 1 aromatic rings. The van der Waals surface area contributed by atoms with Gasteiger partial charge in [-0.1, -0.05) is 0 Å². The molecule has 0 bridgehead atoms. The van der Waals surface area contributed by atoms with Crippen molar-refractivity contribution in [2.24, 2.45) is 0 Å². The zero-order chi connectivity index (χ0) is 12.8. The number of aliphatic carboxylic acids is 1. The van der Waals surface area contributed by atoms with Gasteiger partial charge in [0.25, 0.3) is 0 Å². The lowest BCUT2D eigenvalue weighted by molar-refractivity contribution is -0.137. The van der Waals surface area contributed by atoms with Gasteiger partial charge in [0.2, 0.25) is 0 Å². The number of carboxylic acids is 2. The van der Waals surface area contributed by atoms with Gasteiger partial charge in [-0.25, -0.2) is 4.79 Å². The fourth-order valence-corrected chi connectivity index (χ4v) is 1.20. The van der Waals surface area contributed by atoms with Crippen molar-refractivity contribution < 1.29 is 29.6 Å². The molecule has 0 amide bonds. The van der Waals surface area contributed by atoms with Crippen LogP contribution in [0.5, 0.6) is 11.5 Å². The minimum absolute atomic E-state index is 0.000802. The average Bonchev–Trinajstić information content (AvgIpc) is 2.23. The Morgan fingerprint density at radius 2 is 1.94 bits per heavy atom. The normalized spacial score (nSPS) is 9.88. The van der Waals surface area contributed by atoms with Crippen molar-refractivity contribution >= 4 is 11.9 Å². The second kappa shape index (κ2) is 5.74. The van der Waals surface area contributed by atoms with Gasteiger partial charge in [0.15, 0.2) is 0 Å². The number of aromatic carboxylic acids is 1. The second-order valence-electron chi connectivity index (χ2n) is 3.33.